The van der Waals surface area contributed by atoms with Gasteiger partial charge < -0.3 is 10.0 Å². The van der Waals surface area contributed by atoms with Gasteiger partial charge in [0.25, 0.3) is 10.0 Å². The smallest absolute Gasteiger partial charge is 0.270 e. The Morgan fingerprint density at radius 2 is 1.97 bits per heavy atom. The van der Waals surface area contributed by atoms with Crippen LogP contribution in [0, 0.1) is 10.6 Å². The summed E-state index contributed by atoms with van der Waals surface area (Å²) in [5, 5.41) is 12.8. The molecule has 1 fully saturated rings. The summed E-state index contributed by atoms with van der Waals surface area (Å²) >= 11 is 9.97. The molecule has 0 amide bonds. The molecule has 1 N–H and O–H groups in total. The Labute approximate surface area is 220 Å². The van der Waals surface area contributed by atoms with Crippen molar-refractivity contribution in [3.63, 3.8) is 0 Å². The molecule has 5 rings (SSSR count). The molecular formula is C23H22ClIN4O3S2. The van der Waals surface area contributed by atoms with Crippen LogP contribution in [-0.4, -0.2) is 52.0 Å². The van der Waals surface area contributed by atoms with Crippen molar-refractivity contribution in [2.24, 2.45) is 0 Å². The first-order valence-electron chi connectivity index (χ1n) is 10.7. The summed E-state index contributed by atoms with van der Waals surface area (Å²) in [6.07, 6.45) is 3.79. The van der Waals surface area contributed by atoms with Crippen LogP contribution in [-0.2, 0) is 15.6 Å². The predicted octanol–water partition coefficient (Wildman–Crippen LogP) is 4.88. The van der Waals surface area contributed by atoms with E-state index < -0.39 is 15.6 Å². The summed E-state index contributed by atoms with van der Waals surface area (Å²) < 4.78 is 28.7. The van der Waals surface area contributed by atoms with Crippen molar-refractivity contribution in [3.05, 3.63) is 62.0 Å². The molecule has 7 nitrogen and oxygen atoms in total. The van der Waals surface area contributed by atoms with Crippen LogP contribution in [0.3, 0.4) is 0 Å². The van der Waals surface area contributed by atoms with Crippen molar-refractivity contribution >= 4 is 66.6 Å². The number of thiazole rings is 1. The van der Waals surface area contributed by atoms with Crippen LogP contribution in [0.4, 0.5) is 0 Å². The molecule has 34 heavy (non-hydrogen) atoms. The predicted molar refractivity (Wildman–Crippen MR) is 143 cm³/mol. The van der Waals surface area contributed by atoms with E-state index in [1.807, 2.05) is 29.5 Å². The number of likely N-dealkylation sites (N-methyl/N-ethyl adjacent to an activating group) is 1. The first kappa shape index (κ1) is 24.1. The van der Waals surface area contributed by atoms with Gasteiger partial charge in [0.05, 0.1) is 18.5 Å². The molecule has 11 heteroatoms. The molecule has 1 saturated heterocycles. The van der Waals surface area contributed by atoms with Gasteiger partial charge in [-0.3, -0.25) is 0 Å². The van der Waals surface area contributed by atoms with Gasteiger partial charge in [-0.25, -0.2) is 22.4 Å². The molecule has 0 spiro atoms. The highest BCUT2D eigenvalue weighted by Crippen LogP contribution is 2.42. The normalized spacial score (nSPS) is 19.3. The molecule has 0 aliphatic carbocycles. The fourth-order valence-corrected chi connectivity index (χ4v) is 8.36. The zero-order valence-electron chi connectivity index (χ0n) is 18.5. The molecule has 3 aromatic heterocycles. The SMILES string of the molecule is CCN1CCC(O)(c2ncc(-c3c(Cl)cnc4c3cc(I)n4S(=O)(=O)c3ccc(C)cc3)s2)C1. The van der Waals surface area contributed by atoms with Gasteiger partial charge in [0.15, 0.2) is 5.65 Å². The van der Waals surface area contributed by atoms with Crippen LogP contribution in [0.5, 0.6) is 0 Å². The lowest BCUT2D eigenvalue weighted by molar-refractivity contribution is 0.0465. The lowest BCUT2D eigenvalue weighted by Gasteiger charge is -2.20. The molecule has 0 saturated carbocycles. The highest BCUT2D eigenvalue weighted by molar-refractivity contribution is 14.1. The van der Waals surface area contributed by atoms with E-state index in [9.17, 15) is 13.5 Å². The highest BCUT2D eigenvalue weighted by atomic mass is 127. The number of aryl methyl sites for hydroxylation is 1. The van der Waals surface area contributed by atoms with Crippen LogP contribution in [0.15, 0.2) is 47.6 Å². The second kappa shape index (κ2) is 8.82. The number of rotatable bonds is 5. The summed E-state index contributed by atoms with van der Waals surface area (Å²) in [7, 11) is -3.86. The Kier molecular flexibility index (Phi) is 6.26. The lowest BCUT2D eigenvalue weighted by atomic mass is 10.1. The van der Waals surface area contributed by atoms with Gasteiger partial charge in [-0.15, -0.1) is 11.3 Å². The molecule has 1 aliphatic rings. The Morgan fingerprint density at radius 1 is 1.24 bits per heavy atom. The molecule has 178 valence electrons. The minimum atomic E-state index is -3.86. The maximum atomic E-state index is 13.5. The number of fused-ring (bicyclic) bond motifs is 1. The van der Waals surface area contributed by atoms with Crippen molar-refractivity contribution in [1.29, 1.82) is 0 Å². The Balaban J connectivity index is 1.63. The van der Waals surface area contributed by atoms with Gasteiger partial charge in [0.1, 0.15) is 10.6 Å². The average Bonchev–Trinajstić information content (AvgIpc) is 3.51. The van der Waals surface area contributed by atoms with Gasteiger partial charge in [-0.2, -0.15) is 0 Å². The van der Waals surface area contributed by atoms with E-state index in [1.165, 1.54) is 21.5 Å². The number of likely N-dealkylation sites (tertiary alicyclic amines) is 1. The minimum absolute atomic E-state index is 0.191. The van der Waals surface area contributed by atoms with E-state index in [2.05, 4.69) is 21.8 Å². The number of hydrogen-bond acceptors (Lipinski definition) is 7. The van der Waals surface area contributed by atoms with Gasteiger partial charge in [-0.1, -0.05) is 36.2 Å². The number of hydrogen-bond donors (Lipinski definition) is 1. The highest BCUT2D eigenvalue weighted by Gasteiger charge is 2.40. The van der Waals surface area contributed by atoms with Gasteiger partial charge in [-0.05, 0) is 60.7 Å². The van der Waals surface area contributed by atoms with Gasteiger partial charge >= 0.3 is 0 Å². The van der Waals surface area contributed by atoms with Crippen molar-refractivity contribution < 1.29 is 13.5 Å². The topological polar surface area (TPSA) is 88.3 Å². The zero-order chi connectivity index (χ0) is 24.3. The van der Waals surface area contributed by atoms with Gasteiger partial charge in [0, 0.05) is 36.4 Å². The third-order valence-corrected chi connectivity index (χ3v) is 10.5. The number of β-amino-alcohol motifs (C(OH)–C–C–N with tert-alkyl or cyclic N) is 1. The number of aromatic nitrogens is 3. The summed E-state index contributed by atoms with van der Waals surface area (Å²) in [5.74, 6) is 0. The molecule has 0 radical (unpaired) electrons. The molecule has 1 atom stereocenters. The second-order valence-corrected chi connectivity index (χ2v) is 12.8. The van der Waals surface area contributed by atoms with E-state index in [-0.39, 0.29) is 4.90 Å². The van der Waals surface area contributed by atoms with Crippen molar-refractivity contribution in [1.82, 2.24) is 18.8 Å². The van der Waals surface area contributed by atoms with Crippen LogP contribution >= 0.6 is 45.5 Å². The first-order chi connectivity index (χ1) is 16.1. The Hall–Kier alpha value is -1.57. The number of aliphatic hydroxyl groups is 1. The van der Waals surface area contributed by atoms with Crippen molar-refractivity contribution in [2.75, 3.05) is 19.6 Å². The van der Waals surface area contributed by atoms with Crippen LogP contribution in [0.1, 0.15) is 23.9 Å². The maximum Gasteiger partial charge on any atom is 0.270 e. The van der Waals surface area contributed by atoms with Crippen molar-refractivity contribution in [3.8, 4) is 10.4 Å². The number of benzene rings is 1. The monoisotopic (exact) mass is 628 g/mol. The quantitative estimate of drug-likeness (QED) is 0.317. The standard InChI is InChI=1S/C23H22ClIN4O3S2/c1-3-28-9-8-23(30,13-28)22-27-12-18(33-22)20-16-10-19(25)29(21(16)26-11-17(20)24)34(31,32)15-6-4-14(2)5-7-15/h4-7,10-12,30H,3,8-9,13H2,1-2H3. The summed E-state index contributed by atoms with van der Waals surface area (Å²) in [5.41, 5.74) is 0.952. The van der Waals surface area contributed by atoms with Crippen LogP contribution in [0.2, 0.25) is 5.02 Å². The fourth-order valence-electron chi connectivity index (χ4n) is 4.28. The second-order valence-electron chi connectivity index (χ2n) is 8.45. The van der Waals surface area contributed by atoms with Gasteiger partial charge in [0.2, 0.25) is 0 Å². The average molecular weight is 629 g/mol. The molecular weight excluding hydrogens is 607 g/mol. The Bertz CT molecular complexity index is 1500. The van der Waals surface area contributed by atoms with E-state index in [1.54, 1.807) is 36.5 Å². The zero-order valence-corrected chi connectivity index (χ0v) is 23.0. The summed E-state index contributed by atoms with van der Waals surface area (Å²) in [6, 6.07) is 8.51. The number of nitrogens with zero attached hydrogens (tertiary/aromatic N) is 4. The third-order valence-electron chi connectivity index (χ3n) is 6.18. The number of pyridine rings is 1. The molecule has 1 aromatic carbocycles. The fraction of sp³-hybridized carbons (Fsp3) is 0.304. The van der Waals surface area contributed by atoms with Crippen LogP contribution in [0.25, 0.3) is 21.5 Å². The van der Waals surface area contributed by atoms with Crippen molar-refractivity contribution in [2.45, 2.75) is 30.8 Å². The Morgan fingerprint density at radius 3 is 2.65 bits per heavy atom. The minimum Gasteiger partial charge on any atom is -0.381 e. The van der Waals surface area contributed by atoms with E-state index in [0.29, 0.717) is 43.3 Å². The lowest BCUT2D eigenvalue weighted by Crippen LogP contribution is -2.30. The third kappa shape index (κ3) is 3.97. The molecule has 4 aromatic rings. The van der Waals surface area contributed by atoms with Crippen LogP contribution < -0.4 is 0 Å². The van der Waals surface area contributed by atoms with E-state index in [0.717, 1.165) is 23.5 Å². The van der Waals surface area contributed by atoms with E-state index >= 15 is 0 Å². The summed E-state index contributed by atoms with van der Waals surface area (Å²) in [4.78, 5) is 12.1. The van der Waals surface area contributed by atoms with E-state index in [4.69, 9.17) is 11.6 Å². The largest absolute Gasteiger partial charge is 0.381 e. The molecule has 4 heterocycles. The summed E-state index contributed by atoms with van der Waals surface area (Å²) in [6.45, 7) is 6.22. The molecule has 1 unspecified atom stereocenters. The maximum absolute atomic E-state index is 13.5. The first-order valence-corrected chi connectivity index (χ1v) is 14.4. The number of halogens is 2. The molecule has 1 aliphatic heterocycles. The molecule has 0 bridgehead atoms.